The Morgan fingerprint density at radius 1 is 1.30 bits per heavy atom. The van der Waals surface area contributed by atoms with Crippen LogP contribution in [0.3, 0.4) is 0 Å². The van der Waals surface area contributed by atoms with Crippen LogP contribution in [0, 0.1) is 27.3 Å². The fourth-order valence-electron chi connectivity index (χ4n) is 1.85. The normalized spacial score (nSPS) is 9.85. The van der Waals surface area contributed by atoms with Crippen LogP contribution in [0.15, 0.2) is 36.4 Å². The summed E-state index contributed by atoms with van der Waals surface area (Å²) in [6.07, 6.45) is 0. The van der Waals surface area contributed by atoms with Crippen molar-refractivity contribution < 1.29 is 14.1 Å². The van der Waals surface area contributed by atoms with E-state index in [9.17, 15) is 14.5 Å². The van der Waals surface area contributed by atoms with Gasteiger partial charge in [0.15, 0.2) is 11.6 Å². The number of non-ortho nitro benzene ring substituents is 1. The van der Waals surface area contributed by atoms with Crippen molar-refractivity contribution in [1.82, 2.24) is 0 Å². The number of hydrogen-bond acceptors (Lipinski definition) is 4. The minimum absolute atomic E-state index is 0.0337. The summed E-state index contributed by atoms with van der Waals surface area (Å²) in [5.41, 5.74) is 0.269. The van der Waals surface area contributed by atoms with Crippen LogP contribution >= 0.6 is 0 Å². The Labute approximate surface area is 114 Å². The molecule has 2 aromatic carbocycles. The van der Waals surface area contributed by atoms with Gasteiger partial charge in [-0.3, -0.25) is 10.1 Å². The molecule has 0 radical (unpaired) electrons. The minimum Gasteiger partial charge on any atom is -0.494 e. The molecule has 20 heavy (non-hydrogen) atoms. The molecule has 5 nitrogen and oxygen atoms in total. The molecule has 2 rings (SSSR count). The number of nitro groups is 1. The predicted molar refractivity (Wildman–Crippen MR) is 69.8 cm³/mol. The van der Waals surface area contributed by atoms with Crippen LogP contribution in [0.4, 0.5) is 10.1 Å². The number of benzene rings is 2. The zero-order valence-electron chi connectivity index (χ0n) is 10.5. The SMILES string of the molecule is COc1cccc(-c2ccc([N+](=O)[O-])cc2C#N)c1F. The third-order valence-corrected chi connectivity index (χ3v) is 2.81. The van der Waals surface area contributed by atoms with Gasteiger partial charge in [-0.15, -0.1) is 0 Å². The van der Waals surface area contributed by atoms with Crippen molar-refractivity contribution in [2.45, 2.75) is 0 Å². The van der Waals surface area contributed by atoms with Gasteiger partial charge in [-0.05, 0) is 12.1 Å². The predicted octanol–water partition coefficient (Wildman–Crippen LogP) is 3.28. The van der Waals surface area contributed by atoms with E-state index >= 15 is 0 Å². The van der Waals surface area contributed by atoms with Gasteiger partial charge in [-0.2, -0.15) is 5.26 Å². The lowest BCUT2D eigenvalue weighted by atomic mass is 9.99. The lowest BCUT2D eigenvalue weighted by Crippen LogP contribution is -1.95. The topological polar surface area (TPSA) is 76.2 Å². The molecular formula is C14H9FN2O3. The second kappa shape index (κ2) is 5.36. The first-order valence-corrected chi connectivity index (χ1v) is 5.60. The summed E-state index contributed by atoms with van der Waals surface area (Å²) < 4.78 is 19.0. The van der Waals surface area contributed by atoms with Gasteiger partial charge in [0.1, 0.15) is 6.07 Å². The van der Waals surface area contributed by atoms with Crippen molar-refractivity contribution in [2.75, 3.05) is 7.11 Å². The van der Waals surface area contributed by atoms with E-state index in [1.807, 2.05) is 6.07 Å². The quantitative estimate of drug-likeness (QED) is 0.634. The van der Waals surface area contributed by atoms with Gasteiger partial charge in [-0.1, -0.05) is 12.1 Å². The molecule has 100 valence electrons. The Morgan fingerprint density at radius 3 is 2.65 bits per heavy atom. The van der Waals surface area contributed by atoms with Crippen molar-refractivity contribution in [2.24, 2.45) is 0 Å². The highest BCUT2D eigenvalue weighted by atomic mass is 19.1. The maximum absolute atomic E-state index is 14.2. The molecular weight excluding hydrogens is 263 g/mol. The summed E-state index contributed by atoms with van der Waals surface area (Å²) in [6, 6.07) is 10.1. The fraction of sp³-hybridized carbons (Fsp3) is 0.0714. The van der Waals surface area contributed by atoms with E-state index in [-0.39, 0.29) is 28.1 Å². The number of nitro benzene ring substituents is 1. The number of halogens is 1. The molecule has 0 amide bonds. The number of rotatable bonds is 3. The van der Waals surface area contributed by atoms with Gasteiger partial charge >= 0.3 is 0 Å². The van der Waals surface area contributed by atoms with Crippen molar-refractivity contribution in [3.8, 4) is 22.9 Å². The van der Waals surface area contributed by atoms with E-state index < -0.39 is 10.7 Å². The van der Waals surface area contributed by atoms with E-state index in [2.05, 4.69) is 0 Å². The Kier molecular flexibility index (Phi) is 3.62. The largest absolute Gasteiger partial charge is 0.494 e. The van der Waals surface area contributed by atoms with Crippen LogP contribution < -0.4 is 4.74 Å². The molecule has 0 N–H and O–H groups in total. The molecule has 0 aromatic heterocycles. The van der Waals surface area contributed by atoms with Crippen LogP contribution in [-0.4, -0.2) is 12.0 Å². The number of nitriles is 1. The summed E-state index contributed by atoms with van der Waals surface area (Å²) in [7, 11) is 1.34. The molecule has 0 aliphatic heterocycles. The first-order chi connectivity index (χ1) is 9.58. The third-order valence-electron chi connectivity index (χ3n) is 2.81. The summed E-state index contributed by atoms with van der Waals surface area (Å²) in [5, 5.41) is 19.8. The fourth-order valence-corrected chi connectivity index (χ4v) is 1.85. The lowest BCUT2D eigenvalue weighted by molar-refractivity contribution is -0.384. The molecule has 2 aromatic rings. The molecule has 0 spiro atoms. The van der Waals surface area contributed by atoms with Crippen LogP contribution in [-0.2, 0) is 0 Å². The standard InChI is InChI=1S/C14H9FN2O3/c1-20-13-4-2-3-12(14(13)15)11-6-5-10(17(18)19)7-9(11)8-16/h2-7H,1H3. The first-order valence-electron chi connectivity index (χ1n) is 5.60. The Balaban J connectivity index is 2.65. The molecule has 0 bridgehead atoms. The van der Waals surface area contributed by atoms with Gasteiger partial charge < -0.3 is 4.74 Å². The van der Waals surface area contributed by atoms with Gasteiger partial charge in [-0.25, -0.2) is 4.39 Å². The molecule has 0 saturated carbocycles. The molecule has 0 fully saturated rings. The summed E-state index contributed by atoms with van der Waals surface area (Å²) >= 11 is 0. The zero-order valence-corrected chi connectivity index (χ0v) is 10.5. The minimum atomic E-state index is -0.611. The highest BCUT2D eigenvalue weighted by Gasteiger charge is 2.16. The van der Waals surface area contributed by atoms with Gasteiger partial charge in [0.05, 0.1) is 17.6 Å². The van der Waals surface area contributed by atoms with E-state index in [4.69, 9.17) is 10.00 Å². The van der Waals surface area contributed by atoms with Gasteiger partial charge in [0, 0.05) is 23.3 Å². The van der Waals surface area contributed by atoms with Gasteiger partial charge in [0.2, 0.25) is 0 Å². The Bertz CT molecular complexity index is 723. The molecule has 0 aliphatic carbocycles. The second-order valence-electron chi connectivity index (χ2n) is 3.92. The summed E-state index contributed by atoms with van der Waals surface area (Å²) in [4.78, 5) is 10.1. The highest BCUT2D eigenvalue weighted by molar-refractivity contribution is 5.73. The second-order valence-corrected chi connectivity index (χ2v) is 3.92. The molecule has 0 atom stereocenters. The monoisotopic (exact) mass is 272 g/mol. The molecule has 6 heteroatoms. The van der Waals surface area contributed by atoms with E-state index in [0.717, 1.165) is 6.07 Å². The lowest BCUT2D eigenvalue weighted by Gasteiger charge is -2.08. The first kappa shape index (κ1) is 13.5. The van der Waals surface area contributed by atoms with E-state index in [1.165, 1.54) is 31.4 Å². The molecule has 0 aliphatic rings. The average molecular weight is 272 g/mol. The van der Waals surface area contributed by atoms with Crippen molar-refractivity contribution >= 4 is 5.69 Å². The van der Waals surface area contributed by atoms with Crippen molar-refractivity contribution in [1.29, 1.82) is 5.26 Å². The number of hydrogen-bond donors (Lipinski definition) is 0. The Hall–Kier alpha value is -2.94. The molecule has 0 saturated heterocycles. The van der Waals surface area contributed by atoms with Crippen LogP contribution in [0.25, 0.3) is 11.1 Å². The summed E-state index contributed by atoms with van der Waals surface area (Å²) in [5.74, 6) is -0.565. The van der Waals surface area contributed by atoms with Crippen molar-refractivity contribution in [3.05, 3.63) is 57.9 Å². The maximum atomic E-state index is 14.2. The molecule has 0 heterocycles. The highest BCUT2D eigenvalue weighted by Crippen LogP contribution is 2.32. The smallest absolute Gasteiger partial charge is 0.270 e. The number of methoxy groups -OCH3 is 1. The molecule has 0 unspecified atom stereocenters. The van der Waals surface area contributed by atoms with E-state index in [1.54, 1.807) is 6.07 Å². The number of ether oxygens (including phenoxy) is 1. The van der Waals surface area contributed by atoms with Crippen molar-refractivity contribution in [3.63, 3.8) is 0 Å². The van der Waals surface area contributed by atoms with Gasteiger partial charge in [0.25, 0.3) is 5.69 Å². The Morgan fingerprint density at radius 2 is 2.05 bits per heavy atom. The zero-order chi connectivity index (χ0) is 14.7. The van der Waals surface area contributed by atoms with Crippen LogP contribution in [0.5, 0.6) is 5.75 Å². The third kappa shape index (κ3) is 2.29. The van der Waals surface area contributed by atoms with Crippen LogP contribution in [0.1, 0.15) is 5.56 Å². The average Bonchev–Trinajstić information content (AvgIpc) is 2.47. The van der Waals surface area contributed by atoms with E-state index in [0.29, 0.717) is 0 Å². The summed E-state index contributed by atoms with van der Waals surface area (Å²) in [6.45, 7) is 0. The maximum Gasteiger partial charge on any atom is 0.270 e. The number of nitrogens with zero attached hydrogens (tertiary/aromatic N) is 2. The van der Waals surface area contributed by atoms with Crippen LogP contribution in [0.2, 0.25) is 0 Å².